The number of halogens is 1. The average molecular weight is 930 g/mol. The number of nitrogens with two attached hydrogens (primary N) is 1. The summed E-state index contributed by atoms with van der Waals surface area (Å²) in [7, 11) is -1.80. The Kier molecular flexibility index (Phi) is 14.1. The first-order valence-electron chi connectivity index (χ1n) is 19.6. The molecular formula is C44H49BrN6O6S2Si. The molecule has 0 atom stereocenters. The molecule has 4 aromatic heterocycles. The number of esters is 2. The monoisotopic (exact) mass is 928 g/mol. The number of oxime groups is 2. The van der Waals surface area contributed by atoms with E-state index in [2.05, 4.69) is 93.6 Å². The Labute approximate surface area is 367 Å². The maximum Gasteiger partial charge on any atom is 0.350 e. The zero-order valence-corrected chi connectivity index (χ0v) is 38.9. The summed E-state index contributed by atoms with van der Waals surface area (Å²) >= 11 is 6.20. The molecule has 2 aliphatic carbocycles. The lowest BCUT2D eigenvalue weighted by Gasteiger charge is -2.33. The van der Waals surface area contributed by atoms with Crippen LogP contribution >= 0.6 is 38.6 Å². The van der Waals surface area contributed by atoms with Gasteiger partial charge < -0.3 is 30.3 Å². The molecule has 60 heavy (non-hydrogen) atoms. The van der Waals surface area contributed by atoms with Crippen molar-refractivity contribution in [1.29, 1.82) is 0 Å². The van der Waals surface area contributed by atoms with Crippen LogP contribution in [0.1, 0.15) is 89.1 Å². The van der Waals surface area contributed by atoms with E-state index in [0.29, 0.717) is 34.4 Å². The van der Waals surface area contributed by atoms with Gasteiger partial charge in [-0.1, -0.05) is 54.0 Å². The van der Waals surface area contributed by atoms with Gasteiger partial charge in [-0.3, -0.25) is 9.97 Å². The van der Waals surface area contributed by atoms with Crippen molar-refractivity contribution < 1.29 is 28.8 Å². The van der Waals surface area contributed by atoms with E-state index >= 15 is 0 Å². The molecule has 0 aliphatic heterocycles. The van der Waals surface area contributed by atoms with Crippen LogP contribution in [0.3, 0.4) is 0 Å². The van der Waals surface area contributed by atoms with Crippen molar-refractivity contribution in [2.24, 2.45) is 10.3 Å². The van der Waals surface area contributed by atoms with E-state index in [0.717, 1.165) is 78.5 Å². The number of nitrogens with one attached hydrogen (secondary N) is 1. The first-order valence-corrected chi connectivity index (χ1v) is 25.0. The third-order valence-electron chi connectivity index (χ3n) is 10.6. The van der Waals surface area contributed by atoms with Crippen LogP contribution in [0.5, 0.6) is 0 Å². The topological polar surface area (TPSA) is 171 Å². The Morgan fingerprint density at radius 2 is 1.40 bits per heavy atom. The van der Waals surface area contributed by atoms with Crippen molar-refractivity contribution >= 4 is 108 Å². The number of thiophene rings is 2. The fourth-order valence-corrected chi connectivity index (χ4v) is 9.39. The van der Waals surface area contributed by atoms with Gasteiger partial charge in [-0.15, -0.1) is 27.8 Å². The zero-order valence-electron chi connectivity index (χ0n) is 34.7. The third kappa shape index (κ3) is 9.89. The summed E-state index contributed by atoms with van der Waals surface area (Å²) in [5.41, 5.74) is 14.5. The Bertz CT molecular complexity index is 2600. The van der Waals surface area contributed by atoms with Gasteiger partial charge >= 0.3 is 11.9 Å². The summed E-state index contributed by atoms with van der Waals surface area (Å²) in [6.07, 6.45) is 10.4. The number of aryl methyl sites for hydroxylation is 2. The summed E-state index contributed by atoms with van der Waals surface area (Å²) in [4.78, 5) is 33.0. The summed E-state index contributed by atoms with van der Waals surface area (Å²) in [6.45, 7) is 15.4. The lowest BCUT2D eigenvalue weighted by Crippen LogP contribution is -2.39. The second-order valence-corrected chi connectivity index (χ2v) is 23.3. The highest BCUT2D eigenvalue weighted by Crippen LogP contribution is 2.39. The van der Waals surface area contributed by atoms with Crippen LogP contribution in [-0.4, -0.2) is 60.1 Å². The molecule has 0 spiro atoms. The molecule has 4 N–H and O–H groups in total. The fourth-order valence-electron chi connectivity index (χ4n) is 6.37. The first-order chi connectivity index (χ1) is 28.6. The number of hydrogen-bond acceptors (Lipinski definition) is 14. The number of rotatable bonds is 8. The van der Waals surface area contributed by atoms with Gasteiger partial charge in [0.2, 0.25) is 0 Å². The number of nitrogen functional groups attached to an aromatic ring is 1. The second-order valence-electron chi connectivity index (χ2n) is 15.6. The van der Waals surface area contributed by atoms with Crippen molar-refractivity contribution in [3.05, 3.63) is 110 Å². The first kappa shape index (κ1) is 44.4. The number of pyridine rings is 2. The van der Waals surface area contributed by atoms with Crippen LogP contribution in [0, 0.1) is 0 Å². The number of ether oxygens (including phenoxy) is 2. The van der Waals surface area contributed by atoms with Crippen LogP contribution in [0.25, 0.3) is 20.2 Å². The highest BCUT2D eigenvalue weighted by Gasteiger charge is 2.40. The molecule has 2 aliphatic rings. The largest absolute Gasteiger partial charge is 0.462 e. The molecule has 0 unspecified atom stereocenters. The van der Waals surface area contributed by atoms with Crippen LogP contribution in [-0.2, 0) is 26.8 Å². The van der Waals surface area contributed by atoms with Gasteiger partial charge in [-0.05, 0) is 105 Å². The number of nitrogens with zero attached hydrogens (tertiary/aromatic N) is 4. The zero-order chi connectivity index (χ0) is 43.2. The van der Waals surface area contributed by atoms with Gasteiger partial charge in [0.15, 0.2) is 0 Å². The molecule has 0 saturated heterocycles. The molecule has 0 bridgehead atoms. The number of anilines is 3. The molecule has 314 valence electrons. The number of aromatic nitrogens is 2. The Morgan fingerprint density at radius 1 is 0.833 bits per heavy atom. The van der Waals surface area contributed by atoms with E-state index in [1.54, 1.807) is 44.7 Å². The summed E-state index contributed by atoms with van der Waals surface area (Å²) in [5.74, 6) is -0.705. The van der Waals surface area contributed by atoms with E-state index in [1.807, 2.05) is 24.3 Å². The van der Waals surface area contributed by atoms with Crippen LogP contribution in [0.4, 0.5) is 17.1 Å². The van der Waals surface area contributed by atoms with E-state index in [-0.39, 0.29) is 17.0 Å². The molecule has 16 heteroatoms. The maximum absolute atomic E-state index is 12.4. The smallest absolute Gasteiger partial charge is 0.350 e. The van der Waals surface area contributed by atoms with Crippen molar-refractivity contribution in [3.63, 3.8) is 0 Å². The molecule has 0 saturated carbocycles. The molecule has 6 aromatic rings. The number of hydrogen-bond donors (Lipinski definition) is 3. The highest BCUT2D eigenvalue weighted by atomic mass is 79.9. The van der Waals surface area contributed by atoms with Crippen LogP contribution < -0.4 is 11.1 Å². The predicted octanol–water partition coefficient (Wildman–Crippen LogP) is 11.5. The normalized spacial score (nSPS) is 14.5. The molecule has 0 radical (unpaired) electrons. The number of fused-ring (bicyclic) bond motifs is 4. The molecule has 0 amide bonds. The predicted molar refractivity (Wildman–Crippen MR) is 249 cm³/mol. The van der Waals surface area contributed by atoms with Gasteiger partial charge in [0.25, 0.3) is 8.32 Å². The van der Waals surface area contributed by atoms with E-state index in [9.17, 15) is 9.59 Å². The second kappa shape index (κ2) is 19.0. The fraction of sp³-hybridized carbons (Fsp3) is 0.318. The van der Waals surface area contributed by atoms with E-state index in [1.165, 1.54) is 33.8 Å². The molecule has 4 heterocycles. The van der Waals surface area contributed by atoms with Crippen LogP contribution in [0.2, 0.25) is 18.1 Å². The Morgan fingerprint density at radius 3 is 2.03 bits per heavy atom. The average Bonchev–Trinajstić information content (AvgIpc) is 4.00. The Hall–Kier alpha value is -5.16. The number of carbonyl (C=O) groups excluding carboxylic acids is 2. The van der Waals surface area contributed by atoms with Crippen molar-refractivity contribution in [2.45, 2.75) is 78.4 Å². The summed E-state index contributed by atoms with van der Waals surface area (Å²) in [5, 5.41) is 22.3. The number of carbonyl (C=O) groups is 2. The minimum absolute atomic E-state index is 0.193. The molecule has 0 fully saturated rings. The lowest BCUT2D eigenvalue weighted by molar-refractivity contribution is 0.0523. The quantitative estimate of drug-likeness (QED) is 0.0577. The molecular weight excluding hydrogens is 881 g/mol. The lowest BCUT2D eigenvalue weighted by atomic mass is 10.1. The maximum atomic E-state index is 12.4. The van der Waals surface area contributed by atoms with Crippen molar-refractivity contribution in [2.75, 3.05) is 24.3 Å². The minimum Gasteiger partial charge on any atom is -0.462 e. The van der Waals surface area contributed by atoms with E-state index < -0.39 is 8.32 Å². The minimum atomic E-state index is -1.80. The number of benzene rings is 2. The Balaban J connectivity index is 0.000000158. The van der Waals surface area contributed by atoms with Gasteiger partial charge in [0.05, 0.1) is 45.4 Å². The highest BCUT2D eigenvalue weighted by molar-refractivity contribution is 9.10. The van der Waals surface area contributed by atoms with Crippen molar-refractivity contribution in [3.8, 4) is 0 Å². The van der Waals surface area contributed by atoms with Crippen molar-refractivity contribution in [1.82, 2.24) is 9.97 Å². The molecule has 2 aromatic carbocycles. The SMILES string of the molecule is CC(C)(C)[Si](C)(C)O/N=C1\CCc2cc(Br)ccc21.CCOC(=O)c1sc2cnccc2c1N.CCOC(=O)c1sc2cnccc2c1Nc1ccc2c(c1)CC/C2=N\O. The summed E-state index contributed by atoms with van der Waals surface area (Å²) in [6, 6.07) is 16.0. The van der Waals surface area contributed by atoms with Crippen LogP contribution in [0.15, 0.2) is 88.1 Å². The van der Waals surface area contributed by atoms with Gasteiger partial charge in [0, 0.05) is 56.8 Å². The molecule has 12 nitrogen and oxygen atoms in total. The molecule has 8 rings (SSSR count). The third-order valence-corrected chi connectivity index (χ3v) is 17.5. The van der Waals surface area contributed by atoms with Gasteiger partial charge in [-0.25, -0.2) is 9.59 Å². The van der Waals surface area contributed by atoms with E-state index in [4.69, 9.17) is 24.9 Å². The van der Waals surface area contributed by atoms with Gasteiger partial charge in [-0.2, -0.15) is 0 Å². The summed E-state index contributed by atoms with van der Waals surface area (Å²) < 4.78 is 19.1. The standard InChI is InChI=1S/C19H17N3O3S.C15H22BrNOSi.C10H10N2O2S/c1-2-25-19(23)18-17(14-7-8-20-10-16(14)26-18)21-12-4-5-13-11(9-12)3-6-15(13)22-24;1-15(2,3)19(4,5)18-17-14-9-6-11-10-12(16)7-8-13(11)14;1-2-14-10(13)9-8(11)6-3-4-12-5-7(6)15-9/h4-5,7-10,21,24H,2-3,6H2,1H3;7-8,10H,6,9H2,1-5H3;3-5H,2,11H2,1H3/b22-15+;17-14+;. The van der Waals surface area contributed by atoms with Gasteiger partial charge in [0.1, 0.15) is 9.75 Å².